The highest BCUT2D eigenvalue weighted by molar-refractivity contribution is 7.92. The second kappa shape index (κ2) is 12.8. The molecule has 0 spiro atoms. The summed E-state index contributed by atoms with van der Waals surface area (Å²) in [5, 5.41) is 2.92. The third kappa shape index (κ3) is 7.98. The van der Waals surface area contributed by atoms with Gasteiger partial charge in [0, 0.05) is 13.1 Å². The van der Waals surface area contributed by atoms with E-state index in [1.54, 1.807) is 31.4 Å². The second-order valence-electron chi connectivity index (χ2n) is 9.47. The highest BCUT2D eigenvalue weighted by Gasteiger charge is 2.31. The van der Waals surface area contributed by atoms with Gasteiger partial charge in [-0.1, -0.05) is 39.0 Å². The summed E-state index contributed by atoms with van der Waals surface area (Å²) in [7, 11) is -2.19. The zero-order chi connectivity index (χ0) is 27.0. The largest absolute Gasteiger partial charge is 0.497 e. The molecule has 36 heavy (non-hydrogen) atoms. The number of amides is 2. The van der Waals surface area contributed by atoms with Gasteiger partial charge in [-0.25, -0.2) is 8.42 Å². The Morgan fingerprint density at radius 3 is 2.17 bits per heavy atom. The topological polar surface area (TPSA) is 96.0 Å². The number of benzene rings is 2. The van der Waals surface area contributed by atoms with Gasteiger partial charge in [0.05, 0.1) is 19.1 Å². The van der Waals surface area contributed by atoms with Crippen molar-refractivity contribution in [3.8, 4) is 5.75 Å². The molecule has 0 heterocycles. The van der Waals surface area contributed by atoms with E-state index in [9.17, 15) is 18.0 Å². The van der Waals surface area contributed by atoms with Gasteiger partial charge in [0.25, 0.3) is 0 Å². The number of rotatable bonds is 12. The van der Waals surface area contributed by atoms with Crippen LogP contribution in [0.25, 0.3) is 0 Å². The Bertz CT molecular complexity index is 1150. The summed E-state index contributed by atoms with van der Waals surface area (Å²) in [5.41, 5.74) is 3.16. The van der Waals surface area contributed by atoms with Gasteiger partial charge in [0.1, 0.15) is 18.3 Å². The maximum absolute atomic E-state index is 13.7. The van der Waals surface area contributed by atoms with E-state index in [2.05, 4.69) is 5.32 Å². The van der Waals surface area contributed by atoms with Crippen LogP contribution >= 0.6 is 0 Å². The molecule has 8 nitrogen and oxygen atoms in total. The van der Waals surface area contributed by atoms with Gasteiger partial charge in [-0.3, -0.25) is 13.9 Å². The van der Waals surface area contributed by atoms with Crippen LogP contribution < -0.4 is 14.4 Å². The minimum Gasteiger partial charge on any atom is -0.497 e. The molecule has 2 rings (SSSR count). The maximum Gasteiger partial charge on any atom is 0.244 e. The van der Waals surface area contributed by atoms with E-state index in [1.165, 1.54) is 4.90 Å². The Balaban J connectivity index is 2.43. The molecule has 0 aromatic heterocycles. The van der Waals surface area contributed by atoms with E-state index in [0.29, 0.717) is 24.4 Å². The molecule has 0 fully saturated rings. The van der Waals surface area contributed by atoms with E-state index in [-0.39, 0.29) is 18.4 Å². The molecule has 1 atom stereocenters. The van der Waals surface area contributed by atoms with Crippen LogP contribution in [0.5, 0.6) is 5.75 Å². The fourth-order valence-electron chi connectivity index (χ4n) is 3.76. The number of methoxy groups -OCH3 is 1. The number of anilines is 1. The molecule has 2 aromatic carbocycles. The third-order valence-corrected chi connectivity index (χ3v) is 7.18. The Morgan fingerprint density at radius 2 is 1.67 bits per heavy atom. The maximum atomic E-state index is 13.7. The van der Waals surface area contributed by atoms with Gasteiger partial charge in [-0.05, 0) is 67.1 Å². The number of nitrogens with zero attached hydrogens (tertiary/aromatic N) is 2. The lowest BCUT2D eigenvalue weighted by molar-refractivity contribution is -0.140. The summed E-state index contributed by atoms with van der Waals surface area (Å²) in [6, 6.07) is 11.8. The molecule has 1 unspecified atom stereocenters. The lowest BCUT2D eigenvalue weighted by Crippen LogP contribution is -2.52. The standard InChI is InChI=1S/C27H39N3O5S/c1-8-25(27(32)28-16-19(2)3)29(17-22-10-13-24(35-6)14-11-22)26(31)18-30(36(7,33)34)23-12-9-20(4)21(5)15-23/h9-15,19,25H,8,16-18H2,1-7H3,(H,28,32). The first kappa shape index (κ1) is 29.2. The monoisotopic (exact) mass is 517 g/mol. The fourth-order valence-corrected chi connectivity index (χ4v) is 4.61. The lowest BCUT2D eigenvalue weighted by atomic mass is 10.1. The lowest BCUT2D eigenvalue weighted by Gasteiger charge is -2.33. The number of carbonyl (C=O) groups excluding carboxylic acids is 2. The highest BCUT2D eigenvalue weighted by atomic mass is 32.2. The molecule has 0 radical (unpaired) electrons. The Hall–Kier alpha value is -3.07. The summed E-state index contributed by atoms with van der Waals surface area (Å²) in [4.78, 5) is 28.3. The third-order valence-electron chi connectivity index (χ3n) is 6.04. The molecule has 9 heteroatoms. The summed E-state index contributed by atoms with van der Waals surface area (Å²) < 4.78 is 31.8. The summed E-state index contributed by atoms with van der Waals surface area (Å²) in [5.74, 6) is 0.213. The van der Waals surface area contributed by atoms with Crippen molar-refractivity contribution >= 4 is 27.5 Å². The number of sulfonamides is 1. The molecular weight excluding hydrogens is 478 g/mol. The number of ether oxygens (including phenoxy) is 1. The van der Waals surface area contributed by atoms with Gasteiger partial charge in [0.2, 0.25) is 21.8 Å². The van der Waals surface area contributed by atoms with E-state index >= 15 is 0 Å². The molecule has 2 amide bonds. The number of nitrogens with one attached hydrogen (secondary N) is 1. The normalized spacial score (nSPS) is 12.2. The molecule has 0 aliphatic rings. The number of hydrogen-bond donors (Lipinski definition) is 1. The SMILES string of the molecule is CCC(C(=O)NCC(C)C)N(Cc1ccc(OC)cc1)C(=O)CN(c1ccc(C)c(C)c1)S(C)(=O)=O. The van der Waals surface area contributed by atoms with E-state index < -0.39 is 28.5 Å². The highest BCUT2D eigenvalue weighted by Crippen LogP contribution is 2.23. The zero-order valence-electron chi connectivity index (χ0n) is 22.4. The van der Waals surface area contributed by atoms with Crippen molar-refractivity contribution in [2.24, 2.45) is 5.92 Å². The number of aryl methyl sites for hydroxylation is 2. The van der Waals surface area contributed by atoms with Gasteiger partial charge < -0.3 is 15.0 Å². The summed E-state index contributed by atoms with van der Waals surface area (Å²) >= 11 is 0. The Kier molecular flexibility index (Phi) is 10.3. The van der Waals surface area contributed by atoms with E-state index in [1.807, 2.05) is 52.8 Å². The predicted molar refractivity (Wildman–Crippen MR) is 144 cm³/mol. The molecule has 1 N–H and O–H groups in total. The van der Waals surface area contributed by atoms with Crippen molar-refractivity contribution in [3.63, 3.8) is 0 Å². The van der Waals surface area contributed by atoms with Gasteiger partial charge in [0.15, 0.2) is 0 Å². The first-order valence-corrected chi connectivity index (χ1v) is 14.0. The minimum absolute atomic E-state index is 0.154. The Morgan fingerprint density at radius 1 is 1.03 bits per heavy atom. The van der Waals surface area contributed by atoms with Crippen LogP contribution in [0.1, 0.15) is 43.9 Å². The average molecular weight is 518 g/mol. The average Bonchev–Trinajstić information content (AvgIpc) is 2.82. The van der Waals surface area contributed by atoms with Crippen LogP contribution in [0.3, 0.4) is 0 Å². The predicted octanol–water partition coefficient (Wildman–Crippen LogP) is 3.66. The summed E-state index contributed by atoms with van der Waals surface area (Å²) in [6.07, 6.45) is 1.46. The van der Waals surface area contributed by atoms with Crippen LogP contribution in [0, 0.1) is 19.8 Å². The molecule has 0 saturated heterocycles. The van der Waals surface area contributed by atoms with Crippen molar-refractivity contribution in [2.45, 2.75) is 53.6 Å². The van der Waals surface area contributed by atoms with Crippen LogP contribution in [-0.2, 0) is 26.2 Å². The first-order chi connectivity index (χ1) is 16.9. The Labute approximate surface area is 215 Å². The molecule has 2 aromatic rings. The van der Waals surface area contributed by atoms with Crippen LogP contribution in [-0.4, -0.2) is 57.6 Å². The molecule has 0 aliphatic heterocycles. The first-order valence-electron chi connectivity index (χ1n) is 12.1. The quantitative estimate of drug-likeness (QED) is 0.464. The van der Waals surface area contributed by atoms with Crippen molar-refractivity contribution in [1.82, 2.24) is 10.2 Å². The zero-order valence-corrected chi connectivity index (χ0v) is 23.2. The molecule has 0 aliphatic carbocycles. The van der Waals surface area contributed by atoms with Gasteiger partial charge in [-0.2, -0.15) is 0 Å². The van der Waals surface area contributed by atoms with E-state index in [0.717, 1.165) is 27.3 Å². The molecular formula is C27H39N3O5S. The summed E-state index contributed by atoms with van der Waals surface area (Å²) in [6.45, 7) is 9.89. The van der Waals surface area contributed by atoms with Crippen LogP contribution in [0.4, 0.5) is 5.69 Å². The molecule has 0 saturated carbocycles. The van der Waals surface area contributed by atoms with Crippen molar-refractivity contribution in [3.05, 3.63) is 59.2 Å². The second-order valence-corrected chi connectivity index (χ2v) is 11.4. The van der Waals surface area contributed by atoms with E-state index in [4.69, 9.17) is 4.74 Å². The van der Waals surface area contributed by atoms with Crippen LogP contribution in [0.15, 0.2) is 42.5 Å². The van der Waals surface area contributed by atoms with Crippen molar-refractivity contribution < 1.29 is 22.7 Å². The van der Waals surface area contributed by atoms with Crippen molar-refractivity contribution in [2.75, 3.05) is 30.8 Å². The van der Waals surface area contributed by atoms with Gasteiger partial charge >= 0.3 is 0 Å². The van der Waals surface area contributed by atoms with Gasteiger partial charge in [-0.15, -0.1) is 0 Å². The molecule has 0 bridgehead atoms. The molecule has 198 valence electrons. The fraction of sp³-hybridized carbons (Fsp3) is 0.481. The van der Waals surface area contributed by atoms with Crippen molar-refractivity contribution in [1.29, 1.82) is 0 Å². The minimum atomic E-state index is -3.76. The van der Waals surface area contributed by atoms with Crippen LogP contribution in [0.2, 0.25) is 0 Å². The number of carbonyl (C=O) groups is 2. The smallest absolute Gasteiger partial charge is 0.244 e. The number of hydrogen-bond acceptors (Lipinski definition) is 5.